The summed E-state index contributed by atoms with van der Waals surface area (Å²) in [6.45, 7) is 0. The number of amides is 3. The van der Waals surface area contributed by atoms with Crippen LogP contribution in [0.1, 0.15) is 26.7 Å². The molecule has 242 valence electrons. The van der Waals surface area contributed by atoms with Crippen LogP contribution in [0.15, 0.2) is 138 Å². The van der Waals surface area contributed by atoms with Gasteiger partial charge in [-0.05, 0) is 83.9 Å². The Morgan fingerprint density at radius 3 is 2.00 bits per heavy atom. The van der Waals surface area contributed by atoms with Gasteiger partial charge in [-0.1, -0.05) is 72.3 Å². The van der Waals surface area contributed by atoms with Gasteiger partial charge in [-0.25, -0.2) is 0 Å². The second kappa shape index (κ2) is 16.4. The topological polar surface area (TPSA) is 106 Å². The Labute approximate surface area is 288 Å². The highest BCUT2D eigenvalue weighted by Gasteiger charge is 2.23. The molecule has 0 heterocycles. The SMILES string of the molecule is COc1ccc(/C=C(\NC(=O)c2ccccc2)C(=O)Nc2ccc(SC(C(=O)Nc3ccc(OC)c(Cl)c3)c3ccccc3)cc2)cc1. The van der Waals surface area contributed by atoms with Crippen LogP contribution in [0.5, 0.6) is 11.5 Å². The number of carbonyl (C=O) groups excluding carboxylic acids is 3. The normalized spacial score (nSPS) is 11.6. The van der Waals surface area contributed by atoms with Crippen molar-refractivity contribution in [3.8, 4) is 11.5 Å². The van der Waals surface area contributed by atoms with Crippen LogP contribution in [0, 0.1) is 0 Å². The zero-order chi connectivity index (χ0) is 33.9. The Kier molecular flexibility index (Phi) is 11.5. The highest BCUT2D eigenvalue weighted by molar-refractivity contribution is 8.00. The van der Waals surface area contributed by atoms with Crippen molar-refractivity contribution in [2.45, 2.75) is 10.1 Å². The number of rotatable bonds is 12. The van der Waals surface area contributed by atoms with Crippen LogP contribution in [0.2, 0.25) is 5.02 Å². The van der Waals surface area contributed by atoms with Gasteiger partial charge in [0.25, 0.3) is 11.8 Å². The van der Waals surface area contributed by atoms with E-state index in [1.54, 1.807) is 92.0 Å². The molecular weight excluding hydrogens is 646 g/mol. The smallest absolute Gasteiger partial charge is 0.272 e. The van der Waals surface area contributed by atoms with E-state index in [2.05, 4.69) is 16.0 Å². The molecule has 0 radical (unpaired) electrons. The first kappa shape index (κ1) is 33.8. The number of thioether (sulfide) groups is 1. The Morgan fingerprint density at radius 2 is 1.38 bits per heavy atom. The van der Waals surface area contributed by atoms with Gasteiger partial charge in [0.1, 0.15) is 22.4 Å². The predicted octanol–water partition coefficient (Wildman–Crippen LogP) is 8.24. The molecule has 3 N–H and O–H groups in total. The van der Waals surface area contributed by atoms with Gasteiger partial charge in [0.05, 0.1) is 19.2 Å². The fourth-order valence-corrected chi connectivity index (χ4v) is 5.90. The number of methoxy groups -OCH3 is 2. The zero-order valence-corrected chi connectivity index (χ0v) is 27.7. The molecule has 1 unspecified atom stereocenters. The lowest BCUT2D eigenvalue weighted by atomic mass is 10.1. The number of hydrogen-bond acceptors (Lipinski definition) is 6. The highest BCUT2D eigenvalue weighted by Crippen LogP contribution is 2.37. The third-order valence-corrected chi connectivity index (χ3v) is 8.64. The second-order valence-electron chi connectivity index (χ2n) is 10.4. The predicted molar refractivity (Wildman–Crippen MR) is 192 cm³/mol. The molecule has 10 heteroatoms. The minimum absolute atomic E-state index is 0.0620. The molecular formula is C38H32ClN3O5S. The van der Waals surface area contributed by atoms with Crippen LogP contribution in [0.4, 0.5) is 11.4 Å². The summed E-state index contributed by atoms with van der Waals surface area (Å²) >= 11 is 7.64. The number of ether oxygens (including phenoxy) is 2. The van der Waals surface area contributed by atoms with E-state index in [0.29, 0.717) is 39.0 Å². The van der Waals surface area contributed by atoms with Crippen molar-refractivity contribution in [3.63, 3.8) is 0 Å². The van der Waals surface area contributed by atoms with E-state index in [0.717, 1.165) is 10.5 Å². The summed E-state index contributed by atoms with van der Waals surface area (Å²) in [6.07, 6.45) is 1.60. The first-order valence-corrected chi connectivity index (χ1v) is 16.1. The molecule has 48 heavy (non-hydrogen) atoms. The quantitative estimate of drug-likeness (QED) is 0.0908. The molecule has 0 fully saturated rings. The number of benzene rings is 5. The van der Waals surface area contributed by atoms with Crippen molar-refractivity contribution < 1.29 is 23.9 Å². The van der Waals surface area contributed by atoms with Gasteiger partial charge in [-0.15, -0.1) is 11.8 Å². The van der Waals surface area contributed by atoms with Crippen LogP contribution in [0.25, 0.3) is 6.08 Å². The fourth-order valence-electron chi connectivity index (χ4n) is 4.61. The molecule has 0 aliphatic rings. The van der Waals surface area contributed by atoms with E-state index in [4.69, 9.17) is 21.1 Å². The van der Waals surface area contributed by atoms with Gasteiger partial charge >= 0.3 is 0 Å². The highest BCUT2D eigenvalue weighted by atomic mass is 35.5. The van der Waals surface area contributed by atoms with E-state index in [1.165, 1.54) is 18.9 Å². The van der Waals surface area contributed by atoms with Crippen LogP contribution >= 0.6 is 23.4 Å². The lowest BCUT2D eigenvalue weighted by Crippen LogP contribution is -2.30. The standard InChI is InChI=1S/C38H32ClN3O5S/c1-46-30-18-13-25(14-19-30)23-33(42-36(43)27-11-7-4-8-12-27)37(44)40-28-15-20-31(21-16-28)48-35(26-9-5-3-6-10-26)38(45)41-29-17-22-34(47-2)32(39)24-29/h3-24,35H,1-2H3,(H,40,44)(H,41,45)(H,42,43)/b33-23-. The molecule has 5 aromatic rings. The molecule has 0 aliphatic carbocycles. The number of hydrogen-bond donors (Lipinski definition) is 3. The minimum atomic E-state index is -0.584. The van der Waals surface area contributed by atoms with E-state index in [1.807, 2.05) is 48.5 Å². The molecule has 5 aromatic carbocycles. The maximum Gasteiger partial charge on any atom is 0.272 e. The average Bonchev–Trinajstić information content (AvgIpc) is 3.12. The van der Waals surface area contributed by atoms with Gasteiger partial charge in [0.2, 0.25) is 5.91 Å². The van der Waals surface area contributed by atoms with Crippen molar-refractivity contribution in [1.29, 1.82) is 0 Å². The summed E-state index contributed by atoms with van der Waals surface area (Å²) in [5, 5.41) is 8.37. The average molecular weight is 678 g/mol. The van der Waals surface area contributed by atoms with Crippen molar-refractivity contribution in [3.05, 3.63) is 155 Å². The summed E-state index contributed by atoms with van der Waals surface area (Å²) < 4.78 is 10.4. The number of carbonyl (C=O) groups is 3. The first-order valence-electron chi connectivity index (χ1n) is 14.8. The van der Waals surface area contributed by atoms with E-state index in [9.17, 15) is 14.4 Å². The van der Waals surface area contributed by atoms with E-state index in [-0.39, 0.29) is 11.6 Å². The summed E-state index contributed by atoms with van der Waals surface area (Å²) in [5.41, 5.74) is 3.05. The van der Waals surface area contributed by atoms with E-state index < -0.39 is 17.1 Å². The summed E-state index contributed by atoms with van der Waals surface area (Å²) in [5.74, 6) is 0.0289. The van der Waals surface area contributed by atoms with Crippen molar-refractivity contribution in [2.24, 2.45) is 0 Å². The minimum Gasteiger partial charge on any atom is -0.497 e. The molecule has 0 bridgehead atoms. The Morgan fingerprint density at radius 1 is 0.729 bits per heavy atom. The number of nitrogens with one attached hydrogen (secondary N) is 3. The maximum absolute atomic E-state index is 13.5. The summed E-state index contributed by atoms with van der Waals surface area (Å²) in [7, 11) is 3.10. The third kappa shape index (κ3) is 9.06. The van der Waals surface area contributed by atoms with Crippen LogP contribution in [-0.4, -0.2) is 31.9 Å². The molecule has 0 aromatic heterocycles. The molecule has 0 saturated heterocycles. The van der Waals surface area contributed by atoms with Gasteiger partial charge in [0.15, 0.2) is 0 Å². The maximum atomic E-state index is 13.5. The summed E-state index contributed by atoms with van der Waals surface area (Å²) in [4.78, 5) is 40.8. The van der Waals surface area contributed by atoms with Gasteiger partial charge < -0.3 is 25.4 Å². The molecule has 1 atom stereocenters. The molecule has 0 saturated carbocycles. The summed E-state index contributed by atoms with van der Waals surface area (Å²) in [6, 6.07) is 37.4. The fraction of sp³-hybridized carbons (Fsp3) is 0.0789. The monoisotopic (exact) mass is 677 g/mol. The van der Waals surface area contributed by atoms with Gasteiger partial charge in [-0.2, -0.15) is 0 Å². The lowest BCUT2D eigenvalue weighted by molar-refractivity contribution is -0.116. The Hall–Kier alpha value is -5.51. The van der Waals surface area contributed by atoms with Crippen LogP contribution in [-0.2, 0) is 9.59 Å². The van der Waals surface area contributed by atoms with Crippen molar-refractivity contribution >= 4 is 58.5 Å². The first-order chi connectivity index (χ1) is 23.3. The third-order valence-electron chi connectivity index (χ3n) is 7.08. The second-order valence-corrected chi connectivity index (χ2v) is 12.0. The largest absolute Gasteiger partial charge is 0.497 e. The molecule has 0 aliphatic heterocycles. The Bertz CT molecular complexity index is 1900. The lowest BCUT2D eigenvalue weighted by Gasteiger charge is -2.18. The number of anilines is 2. The van der Waals surface area contributed by atoms with Crippen molar-refractivity contribution in [1.82, 2.24) is 5.32 Å². The van der Waals surface area contributed by atoms with E-state index >= 15 is 0 Å². The molecule has 5 rings (SSSR count). The van der Waals surface area contributed by atoms with Gasteiger partial charge in [-0.3, -0.25) is 14.4 Å². The van der Waals surface area contributed by atoms with Crippen LogP contribution < -0.4 is 25.4 Å². The number of halogens is 1. The molecule has 0 spiro atoms. The molecule has 3 amide bonds. The zero-order valence-electron chi connectivity index (χ0n) is 26.1. The molecule has 8 nitrogen and oxygen atoms in total. The van der Waals surface area contributed by atoms with Crippen molar-refractivity contribution in [2.75, 3.05) is 24.9 Å². The van der Waals surface area contributed by atoms with Gasteiger partial charge in [0, 0.05) is 21.8 Å². The van der Waals surface area contributed by atoms with Crippen LogP contribution in [0.3, 0.4) is 0 Å². The Balaban J connectivity index is 1.32.